The van der Waals surface area contributed by atoms with Gasteiger partial charge in [0.1, 0.15) is 5.82 Å². The molecule has 5 heteroatoms. The third-order valence-corrected chi connectivity index (χ3v) is 1.90. The Hall–Kier alpha value is -1.49. The highest BCUT2D eigenvalue weighted by atomic mass is 16.3. The number of carbonyl (C=O) groups is 1. The molecule has 0 spiro atoms. The van der Waals surface area contributed by atoms with Crippen LogP contribution in [0, 0.1) is 13.8 Å². The number of rotatable bonds is 3. The average molecular weight is 209 g/mol. The summed E-state index contributed by atoms with van der Waals surface area (Å²) in [7, 11) is 0. The van der Waals surface area contributed by atoms with Gasteiger partial charge in [-0.05, 0) is 20.8 Å². The molecule has 1 aromatic heterocycles. The number of nitrogens with one attached hydrogen (secondary N) is 1. The Bertz CT molecular complexity index is 364. The molecule has 0 aliphatic heterocycles. The first-order valence-corrected chi connectivity index (χ1v) is 4.77. The summed E-state index contributed by atoms with van der Waals surface area (Å²) in [6.45, 7) is 5.36. The lowest BCUT2D eigenvalue weighted by atomic mass is 10.2. The van der Waals surface area contributed by atoms with Gasteiger partial charge in [-0.2, -0.15) is 0 Å². The second-order valence-electron chi connectivity index (χ2n) is 3.48. The van der Waals surface area contributed by atoms with Gasteiger partial charge in [-0.15, -0.1) is 0 Å². The fourth-order valence-electron chi connectivity index (χ4n) is 1.14. The average Bonchev–Trinajstić information content (AvgIpc) is 2.14. The Kier molecular flexibility index (Phi) is 3.74. The molecule has 5 nitrogen and oxygen atoms in total. The van der Waals surface area contributed by atoms with Crippen LogP contribution < -0.4 is 5.32 Å². The number of aliphatic hydroxyl groups is 1. The van der Waals surface area contributed by atoms with Gasteiger partial charge in [-0.3, -0.25) is 4.79 Å². The first-order chi connectivity index (χ1) is 7.00. The highest BCUT2D eigenvalue weighted by Crippen LogP contribution is 2.03. The topological polar surface area (TPSA) is 75.1 Å². The summed E-state index contributed by atoms with van der Waals surface area (Å²) in [4.78, 5) is 19.6. The maximum absolute atomic E-state index is 11.6. The van der Waals surface area contributed by atoms with Crippen molar-refractivity contribution >= 4 is 5.91 Å². The van der Waals surface area contributed by atoms with E-state index in [9.17, 15) is 4.79 Å². The van der Waals surface area contributed by atoms with Gasteiger partial charge in [0.2, 0.25) is 0 Å². The molecule has 0 aliphatic rings. The van der Waals surface area contributed by atoms with Crippen molar-refractivity contribution in [2.45, 2.75) is 26.9 Å². The SMILES string of the molecule is Cc1ncc(C(=O)NCC(C)O)c(C)n1. The largest absolute Gasteiger partial charge is 0.392 e. The van der Waals surface area contributed by atoms with Gasteiger partial charge in [0.15, 0.2) is 0 Å². The lowest BCUT2D eigenvalue weighted by molar-refractivity contribution is 0.0922. The van der Waals surface area contributed by atoms with Crippen LogP contribution in [0.15, 0.2) is 6.20 Å². The number of nitrogens with zero attached hydrogens (tertiary/aromatic N) is 2. The van der Waals surface area contributed by atoms with E-state index in [2.05, 4.69) is 15.3 Å². The number of aromatic nitrogens is 2. The van der Waals surface area contributed by atoms with Crippen molar-refractivity contribution in [1.82, 2.24) is 15.3 Å². The van der Waals surface area contributed by atoms with E-state index >= 15 is 0 Å². The maximum Gasteiger partial charge on any atom is 0.254 e. The van der Waals surface area contributed by atoms with Crippen LogP contribution in [0.2, 0.25) is 0 Å². The lowest BCUT2D eigenvalue weighted by Crippen LogP contribution is -2.31. The van der Waals surface area contributed by atoms with Crippen molar-refractivity contribution < 1.29 is 9.90 Å². The zero-order valence-corrected chi connectivity index (χ0v) is 9.11. The second-order valence-corrected chi connectivity index (χ2v) is 3.48. The molecule has 2 N–H and O–H groups in total. The molecule has 0 bridgehead atoms. The van der Waals surface area contributed by atoms with E-state index in [-0.39, 0.29) is 12.5 Å². The van der Waals surface area contributed by atoms with Crippen molar-refractivity contribution in [3.8, 4) is 0 Å². The van der Waals surface area contributed by atoms with Crippen LogP contribution in [-0.2, 0) is 0 Å². The number of hydrogen-bond donors (Lipinski definition) is 2. The third kappa shape index (κ3) is 3.28. The molecular weight excluding hydrogens is 194 g/mol. The summed E-state index contributed by atoms with van der Waals surface area (Å²) >= 11 is 0. The minimum absolute atomic E-state index is 0.228. The quantitative estimate of drug-likeness (QED) is 0.746. The number of aryl methyl sites for hydroxylation is 2. The monoisotopic (exact) mass is 209 g/mol. The van der Waals surface area contributed by atoms with Gasteiger partial charge in [-0.1, -0.05) is 0 Å². The number of aliphatic hydroxyl groups excluding tert-OH is 1. The first-order valence-electron chi connectivity index (χ1n) is 4.77. The van der Waals surface area contributed by atoms with Crippen LogP contribution in [0.25, 0.3) is 0 Å². The number of carbonyl (C=O) groups excluding carboxylic acids is 1. The van der Waals surface area contributed by atoms with Gasteiger partial charge in [-0.25, -0.2) is 9.97 Å². The third-order valence-electron chi connectivity index (χ3n) is 1.90. The summed E-state index contributed by atoms with van der Waals surface area (Å²) in [5, 5.41) is 11.6. The molecule has 0 fully saturated rings. The van der Waals surface area contributed by atoms with E-state index in [1.807, 2.05) is 0 Å². The van der Waals surface area contributed by atoms with Crippen LogP contribution >= 0.6 is 0 Å². The molecule has 1 unspecified atom stereocenters. The standard InChI is InChI=1S/C10H15N3O2/c1-6(14)4-12-10(15)9-5-11-8(3)13-7(9)2/h5-6,14H,4H2,1-3H3,(H,12,15). The molecule has 0 aliphatic carbocycles. The minimum Gasteiger partial charge on any atom is -0.392 e. The Labute approximate surface area is 88.6 Å². The summed E-state index contributed by atoms with van der Waals surface area (Å²) < 4.78 is 0. The van der Waals surface area contributed by atoms with Crippen molar-refractivity contribution in [2.24, 2.45) is 0 Å². The van der Waals surface area contributed by atoms with Crippen LogP contribution in [0.5, 0.6) is 0 Å². The second kappa shape index (κ2) is 4.84. The molecule has 1 amide bonds. The van der Waals surface area contributed by atoms with Gasteiger partial charge in [0, 0.05) is 12.7 Å². The van der Waals surface area contributed by atoms with E-state index in [1.54, 1.807) is 20.8 Å². The van der Waals surface area contributed by atoms with Gasteiger partial charge in [0.05, 0.1) is 17.4 Å². The Morgan fingerprint density at radius 2 is 2.27 bits per heavy atom. The van der Waals surface area contributed by atoms with Gasteiger partial charge in [0.25, 0.3) is 5.91 Å². The summed E-state index contributed by atoms with van der Waals surface area (Å²) in [5.74, 6) is 0.382. The number of hydrogen-bond acceptors (Lipinski definition) is 4. The zero-order chi connectivity index (χ0) is 11.4. The minimum atomic E-state index is -0.555. The van der Waals surface area contributed by atoms with E-state index in [1.165, 1.54) is 6.20 Å². The van der Waals surface area contributed by atoms with Gasteiger partial charge < -0.3 is 10.4 Å². The summed E-state index contributed by atoms with van der Waals surface area (Å²) in [5.41, 5.74) is 1.09. The summed E-state index contributed by atoms with van der Waals surface area (Å²) in [6.07, 6.45) is 0.940. The van der Waals surface area contributed by atoms with Crippen LogP contribution in [0.1, 0.15) is 28.8 Å². The molecule has 0 radical (unpaired) electrons. The Morgan fingerprint density at radius 3 is 2.80 bits per heavy atom. The van der Waals surface area contributed by atoms with Gasteiger partial charge >= 0.3 is 0 Å². The molecule has 15 heavy (non-hydrogen) atoms. The van der Waals surface area contributed by atoms with E-state index in [0.717, 1.165) is 0 Å². The van der Waals surface area contributed by atoms with Crippen molar-refractivity contribution in [1.29, 1.82) is 0 Å². The number of amides is 1. The lowest BCUT2D eigenvalue weighted by Gasteiger charge is -2.08. The van der Waals surface area contributed by atoms with Crippen LogP contribution in [-0.4, -0.2) is 33.6 Å². The Balaban J connectivity index is 2.74. The summed E-state index contributed by atoms with van der Waals surface area (Å²) in [6, 6.07) is 0. The predicted octanol–water partition coefficient (Wildman–Crippen LogP) is 0.204. The molecule has 82 valence electrons. The first kappa shape index (κ1) is 11.6. The molecule has 1 rings (SSSR count). The fraction of sp³-hybridized carbons (Fsp3) is 0.500. The van der Waals surface area contributed by atoms with Crippen molar-refractivity contribution in [3.05, 3.63) is 23.3 Å². The van der Waals surface area contributed by atoms with E-state index < -0.39 is 6.10 Å². The fourth-order valence-corrected chi connectivity index (χ4v) is 1.14. The molecule has 1 aromatic rings. The molecular formula is C10H15N3O2. The molecule has 1 heterocycles. The molecule has 1 atom stereocenters. The van der Waals surface area contributed by atoms with E-state index in [4.69, 9.17) is 5.11 Å². The van der Waals surface area contributed by atoms with Crippen LogP contribution in [0.3, 0.4) is 0 Å². The van der Waals surface area contributed by atoms with E-state index in [0.29, 0.717) is 17.1 Å². The smallest absolute Gasteiger partial charge is 0.254 e. The van der Waals surface area contributed by atoms with Crippen molar-refractivity contribution in [3.63, 3.8) is 0 Å². The normalized spacial score (nSPS) is 12.3. The highest BCUT2D eigenvalue weighted by Gasteiger charge is 2.10. The molecule has 0 saturated heterocycles. The maximum atomic E-state index is 11.6. The Morgan fingerprint density at radius 1 is 1.60 bits per heavy atom. The molecule has 0 aromatic carbocycles. The van der Waals surface area contributed by atoms with Crippen molar-refractivity contribution in [2.75, 3.05) is 6.54 Å². The molecule has 0 saturated carbocycles. The zero-order valence-electron chi connectivity index (χ0n) is 9.11. The van der Waals surface area contributed by atoms with Crippen LogP contribution in [0.4, 0.5) is 0 Å². The highest BCUT2D eigenvalue weighted by molar-refractivity contribution is 5.94. The predicted molar refractivity (Wildman–Crippen MR) is 55.5 cm³/mol.